The first-order chi connectivity index (χ1) is 15.1. The number of methoxy groups -OCH3 is 2. The van der Waals surface area contributed by atoms with Gasteiger partial charge < -0.3 is 13.9 Å². The van der Waals surface area contributed by atoms with E-state index in [-0.39, 0.29) is 5.97 Å². The molecule has 0 aliphatic heterocycles. The molecule has 1 aromatic carbocycles. The summed E-state index contributed by atoms with van der Waals surface area (Å²) in [5.41, 5.74) is 6.57. The molecule has 0 N–H and O–H groups in total. The summed E-state index contributed by atoms with van der Waals surface area (Å²) in [6.07, 6.45) is 13.3. The Kier molecular flexibility index (Phi) is 6.03. The van der Waals surface area contributed by atoms with Crippen molar-refractivity contribution in [1.82, 2.24) is 9.38 Å². The number of aromatic nitrogens is 2. The standard InChI is InChI=1S/C26H26N2O3/c1-18-8-4-5-9-20(30-2)12-13-21(18)22-10-6-7-11-23(22)24-17-28-15-14-19(26(29)31-3)16-25(28)27-24/h6-8,10-17H,4-5,9H2,1-3H3/b18-8+,20-12-,21-13+. The van der Waals surface area contributed by atoms with Crippen molar-refractivity contribution >= 4 is 17.2 Å². The summed E-state index contributed by atoms with van der Waals surface area (Å²) in [4.78, 5) is 16.7. The van der Waals surface area contributed by atoms with E-state index in [0.29, 0.717) is 11.2 Å². The van der Waals surface area contributed by atoms with E-state index in [1.165, 1.54) is 12.7 Å². The molecule has 158 valence electrons. The van der Waals surface area contributed by atoms with Crippen LogP contribution in [-0.4, -0.2) is 29.6 Å². The van der Waals surface area contributed by atoms with Crippen molar-refractivity contribution in [2.75, 3.05) is 14.2 Å². The van der Waals surface area contributed by atoms with Crippen molar-refractivity contribution in [1.29, 1.82) is 0 Å². The van der Waals surface area contributed by atoms with E-state index in [0.717, 1.165) is 47.4 Å². The maximum atomic E-state index is 11.9. The van der Waals surface area contributed by atoms with Crippen LogP contribution in [0.3, 0.4) is 0 Å². The molecule has 3 aromatic rings. The zero-order chi connectivity index (χ0) is 21.8. The van der Waals surface area contributed by atoms with Gasteiger partial charge in [-0.3, -0.25) is 0 Å². The fraction of sp³-hybridized carbons (Fsp3) is 0.231. The van der Waals surface area contributed by atoms with Gasteiger partial charge in [-0.2, -0.15) is 0 Å². The molecule has 5 heteroatoms. The van der Waals surface area contributed by atoms with Crippen molar-refractivity contribution in [2.24, 2.45) is 0 Å². The number of hydrogen-bond donors (Lipinski definition) is 0. The van der Waals surface area contributed by atoms with Crippen LogP contribution in [-0.2, 0) is 9.47 Å². The summed E-state index contributed by atoms with van der Waals surface area (Å²) < 4.78 is 12.3. The number of hydrogen-bond acceptors (Lipinski definition) is 4. The molecular formula is C26H26N2O3. The highest BCUT2D eigenvalue weighted by Crippen LogP contribution is 2.33. The topological polar surface area (TPSA) is 52.8 Å². The molecule has 0 atom stereocenters. The van der Waals surface area contributed by atoms with Gasteiger partial charge in [0.15, 0.2) is 0 Å². The number of esters is 1. The third kappa shape index (κ3) is 4.31. The molecule has 0 amide bonds. The second-order valence-corrected chi connectivity index (χ2v) is 7.54. The smallest absolute Gasteiger partial charge is 0.338 e. The largest absolute Gasteiger partial charge is 0.501 e. The number of carbonyl (C=O) groups excluding carboxylic acids is 1. The molecule has 0 saturated heterocycles. The third-order valence-electron chi connectivity index (χ3n) is 5.58. The molecule has 1 aliphatic carbocycles. The second kappa shape index (κ2) is 9.04. The number of pyridine rings is 1. The molecule has 2 heterocycles. The summed E-state index contributed by atoms with van der Waals surface area (Å²) in [7, 11) is 3.11. The lowest BCUT2D eigenvalue weighted by molar-refractivity contribution is 0.0600. The van der Waals surface area contributed by atoms with Gasteiger partial charge in [0.2, 0.25) is 0 Å². The van der Waals surface area contributed by atoms with Crippen LogP contribution in [0, 0.1) is 0 Å². The summed E-state index contributed by atoms with van der Waals surface area (Å²) in [6.45, 7) is 2.15. The minimum absolute atomic E-state index is 0.371. The van der Waals surface area contributed by atoms with Gasteiger partial charge in [0.1, 0.15) is 5.65 Å². The normalized spacial score (nSPS) is 19.6. The molecule has 0 spiro atoms. The maximum absolute atomic E-state index is 11.9. The lowest BCUT2D eigenvalue weighted by Crippen LogP contribution is -2.01. The highest BCUT2D eigenvalue weighted by molar-refractivity contribution is 5.91. The van der Waals surface area contributed by atoms with Gasteiger partial charge in [-0.25, -0.2) is 9.78 Å². The first kappa shape index (κ1) is 20.7. The van der Waals surface area contributed by atoms with Crippen LogP contribution in [0.5, 0.6) is 0 Å². The highest BCUT2D eigenvalue weighted by Gasteiger charge is 2.15. The quantitative estimate of drug-likeness (QED) is 0.504. The average Bonchev–Trinajstić information content (AvgIpc) is 3.25. The Bertz CT molecular complexity index is 1210. The van der Waals surface area contributed by atoms with E-state index in [1.807, 2.05) is 28.9 Å². The van der Waals surface area contributed by atoms with Crippen LogP contribution in [0.25, 0.3) is 22.5 Å². The number of imidazole rings is 1. The minimum atomic E-state index is -0.371. The Hall–Kier alpha value is -3.60. The van der Waals surface area contributed by atoms with Crippen molar-refractivity contribution < 1.29 is 14.3 Å². The van der Waals surface area contributed by atoms with Crippen LogP contribution < -0.4 is 0 Å². The highest BCUT2D eigenvalue weighted by atomic mass is 16.5. The Morgan fingerprint density at radius 1 is 1.10 bits per heavy atom. The molecule has 0 saturated carbocycles. The first-order valence-electron chi connectivity index (χ1n) is 10.4. The van der Waals surface area contributed by atoms with Gasteiger partial charge in [-0.05, 0) is 54.7 Å². The Morgan fingerprint density at radius 2 is 1.90 bits per heavy atom. The number of nitrogens with zero attached hydrogens (tertiary/aromatic N) is 2. The average molecular weight is 415 g/mol. The third-order valence-corrected chi connectivity index (χ3v) is 5.58. The molecule has 31 heavy (non-hydrogen) atoms. The fourth-order valence-corrected chi connectivity index (χ4v) is 3.87. The van der Waals surface area contributed by atoms with E-state index >= 15 is 0 Å². The van der Waals surface area contributed by atoms with E-state index in [4.69, 9.17) is 14.5 Å². The number of allylic oxidation sites excluding steroid dienone is 6. The molecule has 0 unspecified atom stereocenters. The van der Waals surface area contributed by atoms with E-state index in [1.54, 1.807) is 19.2 Å². The summed E-state index contributed by atoms with van der Waals surface area (Å²) in [5.74, 6) is 0.617. The van der Waals surface area contributed by atoms with Gasteiger partial charge in [-0.1, -0.05) is 36.4 Å². The lowest BCUT2D eigenvalue weighted by atomic mass is 9.92. The summed E-state index contributed by atoms with van der Waals surface area (Å²) in [5, 5.41) is 0. The molecule has 1 aliphatic rings. The van der Waals surface area contributed by atoms with Crippen LogP contribution >= 0.6 is 0 Å². The van der Waals surface area contributed by atoms with Crippen molar-refractivity contribution in [3.05, 3.63) is 89.5 Å². The van der Waals surface area contributed by atoms with Crippen LogP contribution in [0.4, 0.5) is 0 Å². The number of benzene rings is 1. The molecule has 0 bridgehead atoms. The Balaban J connectivity index is 1.83. The summed E-state index contributed by atoms with van der Waals surface area (Å²) in [6, 6.07) is 11.8. The Morgan fingerprint density at radius 3 is 2.68 bits per heavy atom. The van der Waals surface area contributed by atoms with Crippen molar-refractivity contribution in [3.8, 4) is 11.3 Å². The van der Waals surface area contributed by atoms with Crippen molar-refractivity contribution in [2.45, 2.75) is 26.2 Å². The first-order valence-corrected chi connectivity index (χ1v) is 10.4. The summed E-state index contributed by atoms with van der Waals surface area (Å²) >= 11 is 0. The maximum Gasteiger partial charge on any atom is 0.338 e. The van der Waals surface area contributed by atoms with Gasteiger partial charge >= 0.3 is 5.97 Å². The SMILES string of the molecule is COC(=O)c1ccn2cc(-c3ccccc3C3=C/C=C(\OC)CCC\C=C\3C)nc2c1. The number of rotatable bonds is 4. The molecular weight excluding hydrogens is 388 g/mol. The number of fused-ring (bicyclic) bond motifs is 1. The van der Waals surface area contributed by atoms with E-state index < -0.39 is 0 Å². The van der Waals surface area contributed by atoms with Gasteiger partial charge in [-0.15, -0.1) is 0 Å². The fourth-order valence-electron chi connectivity index (χ4n) is 3.87. The predicted octanol–water partition coefficient (Wildman–Crippen LogP) is 5.83. The second-order valence-electron chi connectivity index (χ2n) is 7.54. The molecule has 5 nitrogen and oxygen atoms in total. The number of carbonyl (C=O) groups is 1. The van der Waals surface area contributed by atoms with E-state index in [2.05, 4.69) is 37.3 Å². The van der Waals surface area contributed by atoms with Gasteiger partial charge in [0, 0.05) is 24.4 Å². The van der Waals surface area contributed by atoms with Gasteiger partial charge in [0.25, 0.3) is 0 Å². The van der Waals surface area contributed by atoms with Gasteiger partial charge in [0.05, 0.1) is 31.2 Å². The zero-order valence-electron chi connectivity index (χ0n) is 18.1. The van der Waals surface area contributed by atoms with Crippen molar-refractivity contribution in [3.63, 3.8) is 0 Å². The Labute approximate surface area is 182 Å². The zero-order valence-corrected chi connectivity index (χ0v) is 18.1. The van der Waals surface area contributed by atoms with Crippen LogP contribution in [0.1, 0.15) is 42.1 Å². The minimum Gasteiger partial charge on any atom is -0.501 e. The van der Waals surface area contributed by atoms with E-state index in [9.17, 15) is 4.79 Å². The molecule has 4 rings (SSSR count). The molecule has 0 fully saturated rings. The monoisotopic (exact) mass is 414 g/mol. The van der Waals surface area contributed by atoms with Crippen LogP contribution in [0.15, 0.2) is 78.4 Å². The van der Waals surface area contributed by atoms with Crippen LogP contribution in [0.2, 0.25) is 0 Å². The predicted molar refractivity (Wildman–Crippen MR) is 123 cm³/mol. The lowest BCUT2D eigenvalue weighted by Gasteiger charge is -2.12. The molecule has 0 radical (unpaired) electrons. The molecule has 2 aromatic heterocycles. The number of ether oxygens (including phenoxy) is 2.